The molecule has 3 rings (SSSR count). The number of hydrogen-bond donors (Lipinski definition) is 1. The number of aromatic nitrogens is 3. The maximum absolute atomic E-state index is 4.04. The van der Waals surface area contributed by atoms with E-state index in [0.29, 0.717) is 0 Å². The first-order chi connectivity index (χ1) is 9.33. The van der Waals surface area contributed by atoms with Gasteiger partial charge in [0.15, 0.2) is 0 Å². The van der Waals surface area contributed by atoms with Crippen LogP contribution in [0.4, 0.5) is 5.69 Å². The van der Waals surface area contributed by atoms with Crippen LogP contribution in [0.1, 0.15) is 9.75 Å². The van der Waals surface area contributed by atoms with Crippen LogP contribution in [0, 0.1) is 6.92 Å². The summed E-state index contributed by atoms with van der Waals surface area (Å²) in [5.74, 6) is 0. The summed E-state index contributed by atoms with van der Waals surface area (Å²) >= 11 is 1.81. The first-order valence-corrected chi connectivity index (χ1v) is 6.89. The third kappa shape index (κ3) is 2.66. The molecule has 0 spiro atoms. The highest BCUT2D eigenvalue weighted by atomic mass is 32.1. The van der Waals surface area contributed by atoms with E-state index < -0.39 is 0 Å². The Bertz CT molecular complexity index is 658. The second-order valence-electron chi connectivity index (χ2n) is 4.23. The SMILES string of the molecule is Cc1ccc(CNc2ccccc2-n2ccnn2)s1. The lowest BCUT2D eigenvalue weighted by Crippen LogP contribution is -2.04. The predicted octanol–water partition coefficient (Wildman–Crippen LogP) is 3.25. The third-order valence-electron chi connectivity index (χ3n) is 2.82. The van der Waals surface area contributed by atoms with Gasteiger partial charge in [0.25, 0.3) is 0 Å². The molecule has 1 N–H and O–H groups in total. The van der Waals surface area contributed by atoms with Crippen molar-refractivity contribution in [3.8, 4) is 5.69 Å². The highest BCUT2D eigenvalue weighted by Crippen LogP contribution is 2.21. The van der Waals surface area contributed by atoms with Gasteiger partial charge in [-0.05, 0) is 31.2 Å². The summed E-state index contributed by atoms with van der Waals surface area (Å²) < 4.78 is 1.77. The molecule has 0 atom stereocenters. The number of hydrogen-bond acceptors (Lipinski definition) is 4. The maximum atomic E-state index is 4.04. The summed E-state index contributed by atoms with van der Waals surface area (Å²) in [4.78, 5) is 2.66. The Kier molecular flexibility index (Phi) is 3.29. The molecule has 0 saturated carbocycles. The van der Waals surface area contributed by atoms with Crippen molar-refractivity contribution in [2.24, 2.45) is 0 Å². The molecule has 0 fully saturated rings. The average molecular weight is 270 g/mol. The Morgan fingerprint density at radius 3 is 2.84 bits per heavy atom. The van der Waals surface area contributed by atoms with Crippen molar-refractivity contribution in [2.75, 3.05) is 5.32 Å². The molecular weight excluding hydrogens is 256 g/mol. The van der Waals surface area contributed by atoms with Crippen LogP contribution in [0.25, 0.3) is 5.69 Å². The lowest BCUT2D eigenvalue weighted by Gasteiger charge is -2.10. The molecule has 2 aromatic heterocycles. The van der Waals surface area contributed by atoms with Crippen molar-refractivity contribution in [1.29, 1.82) is 0 Å². The molecule has 4 nitrogen and oxygen atoms in total. The lowest BCUT2D eigenvalue weighted by molar-refractivity contribution is 0.803. The number of thiophene rings is 1. The van der Waals surface area contributed by atoms with Crippen molar-refractivity contribution < 1.29 is 0 Å². The van der Waals surface area contributed by atoms with Crippen LogP contribution in [-0.4, -0.2) is 15.0 Å². The van der Waals surface area contributed by atoms with E-state index in [1.54, 1.807) is 10.9 Å². The molecule has 0 bridgehead atoms. The number of anilines is 1. The minimum Gasteiger partial charge on any atom is -0.378 e. The number of aryl methyl sites for hydroxylation is 1. The van der Waals surface area contributed by atoms with E-state index >= 15 is 0 Å². The molecule has 3 aromatic rings. The van der Waals surface area contributed by atoms with Gasteiger partial charge in [0, 0.05) is 16.3 Å². The standard InChI is InChI=1S/C14H14N4S/c1-11-6-7-12(19-11)10-15-13-4-2-3-5-14(13)18-9-8-16-17-18/h2-9,15H,10H2,1H3. The number of nitrogens with zero attached hydrogens (tertiary/aromatic N) is 3. The zero-order valence-corrected chi connectivity index (χ0v) is 11.4. The molecule has 96 valence electrons. The van der Waals surface area contributed by atoms with Crippen LogP contribution >= 0.6 is 11.3 Å². The highest BCUT2D eigenvalue weighted by Gasteiger charge is 2.04. The van der Waals surface area contributed by atoms with Gasteiger partial charge in [-0.3, -0.25) is 0 Å². The smallest absolute Gasteiger partial charge is 0.0894 e. The second-order valence-corrected chi connectivity index (χ2v) is 5.60. The molecule has 0 unspecified atom stereocenters. The van der Waals surface area contributed by atoms with E-state index in [-0.39, 0.29) is 0 Å². The summed E-state index contributed by atoms with van der Waals surface area (Å²) in [5, 5.41) is 11.3. The molecular formula is C14H14N4S. The van der Waals surface area contributed by atoms with Gasteiger partial charge in [-0.2, -0.15) is 0 Å². The predicted molar refractivity (Wildman–Crippen MR) is 77.7 cm³/mol. The Morgan fingerprint density at radius 1 is 1.21 bits per heavy atom. The van der Waals surface area contributed by atoms with Gasteiger partial charge in [0.05, 0.1) is 23.8 Å². The molecule has 1 aromatic carbocycles. The van der Waals surface area contributed by atoms with Gasteiger partial charge in [-0.1, -0.05) is 17.3 Å². The first-order valence-electron chi connectivity index (χ1n) is 6.08. The summed E-state index contributed by atoms with van der Waals surface area (Å²) in [6.45, 7) is 2.95. The maximum Gasteiger partial charge on any atom is 0.0894 e. The van der Waals surface area contributed by atoms with Crippen LogP contribution in [-0.2, 0) is 6.54 Å². The fourth-order valence-corrected chi connectivity index (χ4v) is 2.75. The Morgan fingerprint density at radius 2 is 2.11 bits per heavy atom. The number of para-hydroxylation sites is 2. The van der Waals surface area contributed by atoms with E-state index in [2.05, 4.69) is 40.8 Å². The fourth-order valence-electron chi connectivity index (χ4n) is 1.92. The highest BCUT2D eigenvalue weighted by molar-refractivity contribution is 7.11. The number of nitrogens with one attached hydrogen (secondary N) is 1. The quantitative estimate of drug-likeness (QED) is 0.791. The summed E-state index contributed by atoms with van der Waals surface area (Å²) in [5.41, 5.74) is 2.06. The number of rotatable bonds is 4. The first kappa shape index (κ1) is 11.9. The molecule has 0 aliphatic rings. The van der Waals surface area contributed by atoms with Crippen molar-refractivity contribution in [2.45, 2.75) is 13.5 Å². The lowest BCUT2D eigenvalue weighted by atomic mass is 10.2. The Hall–Kier alpha value is -2.14. The van der Waals surface area contributed by atoms with Crippen LogP contribution in [0.5, 0.6) is 0 Å². The zero-order chi connectivity index (χ0) is 13.1. The van der Waals surface area contributed by atoms with Gasteiger partial charge in [0.2, 0.25) is 0 Å². The molecule has 0 saturated heterocycles. The van der Waals surface area contributed by atoms with Gasteiger partial charge in [-0.15, -0.1) is 16.4 Å². The van der Waals surface area contributed by atoms with Crippen molar-refractivity contribution in [3.63, 3.8) is 0 Å². The van der Waals surface area contributed by atoms with Crippen molar-refractivity contribution >= 4 is 17.0 Å². The van der Waals surface area contributed by atoms with Crippen LogP contribution in [0.3, 0.4) is 0 Å². The largest absolute Gasteiger partial charge is 0.378 e. The van der Waals surface area contributed by atoms with E-state index in [1.165, 1.54) is 9.75 Å². The van der Waals surface area contributed by atoms with Crippen molar-refractivity contribution in [1.82, 2.24) is 15.0 Å². The monoisotopic (exact) mass is 270 g/mol. The molecule has 5 heteroatoms. The average Bonchev–Trinajstić information content (AvgIpc) is 3.08. The minimum absolute atomic E-state index is 0.824. The second kappa shape index (κ2) is 5.24. The Labute approximate surface area is 115 Å². The molecule has 0 aliphatic heterocycles. The molecule has 0 amide bonds. The van der Waals surface area contributed by atoms with Gasteiger partial charge < -0.3 is 5.32 Å². The zero-order valence-electron chi connectivity index (χ0n) is 10.6. The van der Waals surface area contributed by atoms with E-state index in [0.717, 1.165) is 17.9 Å². The minimum atomic E-state index is 0.824. The van der Waals surface area contributed by atoms with Gasteiger partial charge in [0.1, 0.15) is 0 Å². The molecule has 2 heterocycles. The van der Waals surface area contributed by atoms with E-state index in [4.69, 9.17) is 0 Å². The van der Waals surface area contributed by atoms with Gasteiger partial charge >= 0.3 is 0 Å². The van der Waals surface area contributed by atoms with Crippen LogP contribution < -0.4 is 5.32 Å². The van der Waals surface area contributed by atoms with Crippen molar-refractivity contribution in [3.05, 3.63) is 58.5 Å². The third-order valence-corrected chi connectivity index (χ3v) is 3.82. The van der Waals surface area contributed by atoms with Crippen LogP contribution in [0.15, 0.2) is 48.8 Å². The fraction of sp³-hybridized carbons (Fsp3) is 0.143. The van der Waals surface area contributed by atoms with Crippen LogP contribution in [0.2, 0.25) is 0 Å². The molecule has 19 heavy (non-hydrogen) atoms. The summed E-state index contributed by atoms with van der Waals surface area (Å²) in [6, 6.07) is 12.4. The molecule has 0 aliphatic carbocycles. The number of benzene rings is 1. The normalized spacial score (nSPS) is 10.6. The van der Waals surface area contributed by atoms with E-state index in [1.807, 2.05) is 35.7 Å². The summed E-state index contributed by atoms with van der Waals surface area (Å²) in [6.07, 6.45) is 3.52. The Balaban J connectivity index is 1.81. The molecule has 0 radical (unpaired) electrons. The van der Waals surface area contributed by atoms with E-state index in [9.17, 15) is 0 Å². The topological polar surface area (TPSA) is 42.7 Å². The summed E-state index contributed by atoms with van der Waals surface area (Å²) in [7, 11) is 0. The van der Waals surface area contributed by atoms with Gasteiger partial charge in [-0.25, -0.2) is 4.68 Å².